The van der Waals surface area contributed by atoms with Crippen LogP contribution >= 0.6 is 0 Å². The number of rotatable bonds is 0. The average molecular weight is 231 g/mol. The van der Waals surface area contributed by atoms with E-state index < -0.39 is 13.4 Å². The van der Waals surface area contributed by atoms with Gasteiger partial charge in [0.1, 0.15) is 0 Å². The summed E-state index contributed by atoms with van der Waals surface area (Å²) in [5.41, 5.74) is 0. The van der Waals surface area contributed by atoms with Crippen molar-refractivity contribution in [2.75, 3.05) is 0 Å². The molecular weight excluding hydrogens is 231 g/mol. The van der Waals surface area contributed by atoms with Gasteiger partial charge in [0.2, 0.25) is 0 Å². The summed E-state index contributed by atoms with van der Waals surface area (Å²) in [7, 11) is 0. The van der Waals surface area contributed by atoms with Gasteiger partial charge in [-0.1, -0.05) is 0 Å². The van der Waals surface area contributed by atoms with E-state index >= 15 is 0 Å². The Morgan fingerprint density at radius 1 is 1.17 bits per heavy atom. The SMILES string of the molecule is O=[Se](=O)([O-])[O-].[Sr+2]. The molecule has 0 aromatic carbocycles. The summed E-state index contributed by atoms with van der Waals surface area (Å²) in [6, 6.07) is 0. The van der Waals surface area contributed by atoms with Gasteiger partial charge < -0.3 is 0 Å². The quantitative estimate of drug-likeness (QED) is 0.407. The van der Waals surface area contributed by atoms with E-state index in [1.165, 1.54) is 0 Å². The van der Waals surface area contributed by atoms with Crippen LogP contribution in [0.5, 0.6) is 0 Å². The second-order valence-corrected chi connectivity index (χ2v) is 2.12. The molecule has 0 radical (unpaired) electrons. The Labute approximate surface area is 73.7 Å². The van der Waals surface area contributed by atoms with Gasteiger partial charge in [-0.3, -0.25) is 0 Å². The summed E-state index contributed by atoms with van der Waals surface area (Å²) >= 11 is -5.75. The molecule has 0 aliphatic heterocycles. The van der Waals surface area contributed by atoms with E-state index in [0.717, 1.165) is 0 Å². The molecule has 0 aromatic heterocycles. The van der Waals surface area contributed by atoms with Crippen LogP contribution in [-0.4, -0.2) is 58.9 Å². The van der Waals surface area contributed by atoms with Gasteiger partial charge in [-0.25, -0.2) is 0 Å². The van der Waals surface area contributed by atoms with Crippen molar-refractivity contribution >= 4 is 58.9 Å². The minimum Gasteiger partial charge on any atom is 2.00 e. The summed E-state index contributed by atoms with van der Waals surface area (Å²) in [6.45, 7) is 0. The van der Waals surface area contributed by atoms with Crippen molar-refractivity contribution in [3.63, 3.8) is 0 Å². The molecule has 0 spiro atoms. The van der Waals surface area contributed by atoms with Crippen molar-refractivity contribution in [2.24, 2.45) is 0 Å². The zero-order valence-corrected chi connectivity index (χ0v) is 7.94. The Bertz CT molecular complexity index is 90.7. The first-order chi connectivity index (χ1) is 2.00. The van der Waals surface area contributed by atoms with E-state index in [4.69, 9.17) is 16.0 Å². The second-order valence-electron chi connectivity index (χ2n) is 0.408. The average Bonchev–Trinajstić information content (AvgIpc) is 0.722. The van der Waals surface area contributed by atoms with Crippen molar-refractivity contribution in [3.8, 4) is 0 Å². The normalized spacial score (nSPS) is 9.67. The Morgan fingerprint density at radius 2 is 1.17 bits per heavy atom. The maximum atomic E-state index is 8.59. The minimum atomic E-state index is -5.75. The molecule has 0 saturated heterocycles. The van der Waals surface area contributed by atoms with Crippen LogP contribution in [0, 0.1) is 0 Å². The third-order valence-electron chi connectivity index (χ3n) is 0. The Morgan fingerprint density at radius 3 is 1.17 bits per heavy atom. The standard InChI is InChI=1S/H2O4Se.Sr/c1-5(2,3)4;/h(H2,1,2,3,4);/q;+2/p-2. The summed E-state index contributed by atoms with van der Waals surface area (Å²) in [4.78, 5) is 0. The van der Waals surface area contributed by atoms with Gasteiger partial charge in [0.25, 0.3) is 0 Å². The first-order valence-electron chi connectivity index (χ1n) is 0.667. The van der Waals surface area contributed by atoms with Gasteiger partial charge in [0.05, 0.1) is 0 Å². The Balaban J connectivity index is 0. The van der Waals surface area contributed by atoms with E-state index in [2.05, 4.69) is 0 Å². The van der Waals surface area contributed by atoms with E-state index in [9.17, 15) is 0 Å². The molecule has 0 saturated carbocycles. The van der Waals surface area contributed by atoms with Crippen LogP contribution in [0.1, 0.15) is 0 Å². The summed E-state index contributed by atoms with van der Waals surface area (Å²) in [6.07, 6.45) is 0. The van der Waals surface area contributed by atoms with Gasteiger partial charge in [-0.15, -0.1) is 0 Å². The van der Waals surface area contributed by atoms with Gasteiger partial charge >= 0.3 is 74.9 Å². The molecule has 6 heavy (non-hydrogen) atoms. The Kier molecular flexibility index (Phi) is 6.14. The van der Waals surface area contributed by atoms with Gasteiger partial charge in [0, 0.05) is 0 Å². The van der Waals surface area contributed by atoms with Crippen LogP contribution in [-0.2, 0) is 7.67 Å². The molecular formula is O4SeSr. The number of hydrogen-bond acceptors (Lipinski definition) is 4. The smallest absolute Gasteiger partial charge is 2.00 e. The number of hydrogen-bond donors (Lipinski definition) is 0. The van der Waals surface area contributed by atoms with Crippen LogP contribution in [0.2, 0.25) is 0 Å². The first kappa shape index (κ1) is 10.5. The molecule has 0 unspecified atom stereocenters. The zero-order valence-electron chi connectivity index (χ0n) is 2.75. The van der Waals surface area contributed by atoms with Crippen LogP contribution in [0.3, 0.4) is 0 Å². The van der Waals surface area contributed by atoms with Crippen molar-refractivity contribution in [1.82, 2.24) is 0 Å². The molecule has 0 N–H and O–H groups in total. The fourth-order valence-corrected chi connectivity index (χ4v) is 0. The van der Waals surface area contributed by atoms with Crippen LogP contribution in [0.4, 0.5) is 0 Å². The maximum Gasteiger partial charge on any atom is 2.00 e. The molecule has 0 rings (SSSR count). The molecule has 4 nitrogen and oxygen atoms in total. The summed E-state index contributed by atoms with van der Waals surface area (Å²) < 4.78 is 34.4. The molecule has 6 heteroatoms. The first-order valence-corrected chi connectivity index (χ1v) is 3.46. The Hall–Kier alpha value is 1.52. The van der Waals surface area contributed by atoms with E-state index in [1.807, 2.05) is 0 Å². The molecule has 0 aromatic rings. The van der Waals surface area contributed by atoms with Crippen LogP contribution < -0.4 is 8.38 Å². The predicted molar refractivity (Wildman–Crippen MR) is 12.9 cm³/mol. The van der Waals surface area contributed by atoms with Crippen LogP contribution in [0.25, 0.3) is 0 Å². The van der Waals surface area contributed by atoms with Gasteiger partial charge in [-0.2, -0.15) is 0 Å². The topological polar surface area (TPSA) is 80.3 Å². The molecule has 0 fully saturated rings. The molecule has 32 valence electrons. The van der Waals surface area contributed by atoms with Gasteiger partial charge in [0.15, 0.2) is 0 Å². The summed E-state index contributed by atoms with van der Waals surface area (Å²) in [5.74, 6) is 0. The maximum absolute atomic E-state index is 8.59. The van der Waals surface area contributed by atoms with Crippen molar-refractivity contribution < 1.29 is 16.0 Å². The summed E-state index contributed by atoms with van der Waals surface area (Å²) in [5, 5.41) is 0. The van der Waals surface area contributed by atoms with Crippen molar-refractivity contribution in [3.05, 3.63) is 0 Å². The fraction of sp³-hybridized carbons (Fsp3) is 0. The molecule has 0 bridgehead atoms. The fourth-order valence-electron chi connectivity index (χ4n) is 0. The predicted octanol–water partition coefficient (Wildman–Crippen LogP) is -3.38. The van der Waals surface area contributed by atoms with Crippen molar-refractivity contribution in [2.45, 2.75) is 0 Å². The second kappa shape index (κ2) is 3.51. The van der Waals surface area contributed by atoms with E-state index in [1.54, 1.807) is 0 Å². The zero-order chi connectivity index (χ0) is 4.50. The van der Waals surface area contributed by atoms with Gasteiger partial charge in [-0.05, 0) is 0 Å². The molecule has 0 heterocycles. The minimum absolute atomic E-state index is 0. The third-order valence-corrected chi connectivity index (χ3v) is 0. The molecule has 0 atom stereocenters. The van der Waals surface area contributed by atoms with E-state index in [0.29, 0.717) is 0 Å². The molecule has 0 aliphatic rings. The molecule has 0 amide bonds. The largest absolute Gasteiger partial charge is 2.00 e. The van der Waals surface area contributed by atoms with E-state index in [-0.39, 0.29) is 45.5 Å². The monoisotopic (exact) mass is 232 g/mol. The van der Waals surface area contributed by atoms with Crippen molar-refractivity contribution in [1.29, 1.82) is 0 Å². The van der Waals surface area contributed by atoms with Crippen LogP contribution in [0.15, 0.2) is 0 Å². The molecule has 0 aliphatic carbocycles. The third kappa shape index (κ3) is 48.8.